The normalized spacial score (nSPS) is 10.6. The number of nitrogens with zero attached hydrogens (tertiary/aromatic N) is 1. The average Bonchev–Trinajstić information content (AvgIpc) is 2.48. The Balaban J connectivity index is 2.41. The molecular formula is C16H13ClN2O3. The summed E-state index contributed by atoms with van der Waals surface area (Å²) >= 11 is 6.06. The zero-order chi connectivity index (χ0) is 16.1. The van der Waals surface area contributed by atoms with Gasteiger partial charge in [-0.15, -0.1) is 0 Å². The number of benzene rings is 2. The smallest absolute Gasteiger partial charge is 0.250 e. The van der Waals surface area contributed by atoms with Gasteiger partial charge in [0.05, 0.1) is 16.1 Å². The van der Waals surface area contributed by atoms with Crippen LogP contribution in [0.2, 0.25) is 5.02 Å². The molecule has 0 spiro atoms. The molecule has 0 amide bonds. The second kappa shape index (κ2) is 6.87. The SMILES string of the molecule is Cc1ccc(NC=C[N+](=O)[O-])c(C(=O)c2ccccc2Cl)c1. The van der Waals surface area contributed by atoms with Crippen LogP contribution >= 0.6 is 11.6 Å². The summed E-state index contributed by atoms with van der Waals surface area (Å²) in [4.78, 5) is 22.4. The Labute approximate surface area is 132 Å². The highest BCUT2D eigenvalue weighted by Crippen LogP contribution is 2.24. The fourth-order valence-electron chi connectivity index (χ4n) is 1.95. The number of ketones is 1. The first kappa shape index (κ1) is 15.7. The largest absolute Gasteiger partial charge is 0.356 e. The Kier molecular flexibility index (Phi) is 4.91. The number of carbonyl (C=O) groups is 1. The molecule has 0 fully saturated rings. The van der Waals surface area contributed by atoms with E-state index in [-0.39, 0.29) is 5.78 Å². The second-order valence-electron chi connectivity index (χ2n) is 4.60. The van der Waals surface area contributed by atoms with Crippen LogP contribution in [-0.4, -0.2) is 10.7 Å². The van der Waals surface area contributed by atoms with E-state index in [0.717, 1.165) is 11.8 Å². The molecule has 0 aliphatic rings. The first-order valence-corrected chi connectivity index (χ1v) is 6.83. The Morgan fingerprint density at radius 1 is 1.23 bits per heavy atom. The van der Waals surface area contributed by atoms with Crippen LogP contribution in [0.25, 0.3) is 0 Å². The maximum absolute atomic E-state index is 12.7. The first-order valence-electron chi connectivity index (χ1n) is 6.45. The van der Waals surface area contributed by atoms with E-state index in [0.29, 0.717) is 21.8 Å². The third-order valence-corrected chi connectivity index (χ3v) is 3.30. The van der Waals surface area contributed by atoms with Gasteiger partial charge in [0.15, 0.2) is 5.78 Å². The van der Waals surface area contributed by atoms with E-state index in [9.17, 15) is 14.9 Å². The molecule has 1 N–H and O–H groups in total. The van der Waals surface area contributed by atoms with E-state index in [1.807, 2.05) is 13.0 Å². The molecule has 6 heteroatoms. The van der Waals surface area contributed by atoms with Gasteiger partial charge < -0.3 is 5.32 Å². The van der Waals surface area contributed by atoms with Gasteiger partial charge in [0.25, 0.3) is 0 Å². The molecule has 0 aliphatic carbocycles. The number of aryl methyl sites for hydroxylation is 1. The van der Waals surface area contributed by atoms with Crippen molar-refractivity contribution in [1.29, 1.82) is 0 Å². The molecule has 0 aromatic heterocycles. The first-order chi connectivity index (χ1) is 10.5. The van der Waals surface area contributed by atoms with Gasteiger partial charge in [0.2, 0.25) is 6.20 Å². The van der Waals surface area contributed by atoms with Crippen LogP contribution in [0.3, 0.4) is 0 Å². The van der Waals surface area contributed by atoms with Crippen molar-refractivity contribution in [3.8, 4) is 0 Å². The average molecular weight is 317 g/mol. The van der Waals surface area contributed by atoms with E-state index in [1.54, 1.807) is 36.4 Å². The third kappa shape index (κ3) is 3.71. The number of anilines is 1. The minimum atomic E-state index is -0.587. The van der Waals surface area contributed by atoms with Gasteiger partial charge in [0.1, 0.15) is 0 Å². The predicted molar refractivity (Wildman–Crippen MR) is 85.8 cm³/mol. The third-order valence-electron chi connectivity index (χ3n) is 2.97. The van der Waals surface area contributed by atoms with Crippen LogP contribution < -0.4 is 5.32 Å². The lowest BCUT2D eigenvalue weighted by Crippen LogP contribution is -2.06. The van der Waals surface area contributed by atoms with Crippen LogP contribution in [0, 0.1) is 17.0 Å². The standard InChI is InChI=1S/C16H13ClN2O3/c1-11-6-7-15(18-8-9-19(21)22)13(10-11)16(20)12-4-2-3-5-14(12)17/h2-10,18H,1H3. The second-order valence-corrected chi connectivity index (χ2v) is 5.01. The highest BCUT2D eigenvalue weighted by Gasteiger charge is 2.16. The topological polar surface area (TPSA) is 72.2 Å². The van der Waals surface area contributed by atoms with E-state index in [2.05, 4.69) is 5.32 Å². The molecule has 2 aromatic carbocycles. The summed E-state index contributed by atoms with van der Waals surface area (Å²) in [5.41, 5.74) is 2.17. The highest BCUT2D eigenvalue weighted by molar-refractivity contribution is 6.35. The van der Waals surface area contributed by atoms with Crippen LogP contribution in [0.1, 0.15) is 21.5 Å². The number of nitrogens with one attached hydrogen (secondary N) is 1. The zero-order valence-electron chi connectivity index (χ0n) is 11.7. The molecular weight excluding hydrogens is 304 g/mol. The van der Waals surface area contributed by atoms with Gasteiger partial charge in [0, 0.05) is 16.8 Å². The molecule has 0 saturated carbocycles. The summed E-state index contributed by atoms with van der Waals surface area (Å²) < 4.78 is 0. The minimum Gasteiger partial charge on any atom is -0.356 e. The number of rotatable bonds is 5. The molecule has 5 nitrogen and oxygen atoms in total. The lowest BCUT2D eigenvalue weighted by molar-refractivity contribution is -0.402. The van der Waals surface area contributed by atoms with Gasteiger partial charge in [-0.1, -0.05) is 35.4 Å². The quantitative estimate of drug-likeness (QED) is 0.513. The van der Waals surface area contributed by atoms with E-state index < -0.39 is 4.92 Å². The lowest BCUT2D eigenvalue weighted by Gasteiger charge is -2.10. The van der Waals surface area contributed by atoms with E-state index in [4.69, 9.17) is 11.6 Å². The van der Waals surface area contributed by atoms with Crippen molar-refractivity contribution in [3.05, 3.63) is 86.7 Å². The summed E-state index contributed by atoms with van der Waals surface area (Å²) in [6.07, 6.45) is 1.94. The molecule has 112 valence electrons. The van der Waals surface area contributed by atoms with E-state index in [1.165, 1.54) is 6.20 Å². The lowest BCUT2D eigenvalue weighted by atomic mass is 9.99. The molecule has 0 bridgehead atoms. The van der Waals surface area contributed by atoms with Crippen molar-refractivity contribution in [3.63, 3.8) is 0 Å². The van der Waals surface area contributed by atoms with Gasteiger partial charge >= 0.3 is 0 Å². The van der Waals surface area contributed by atoms with Crippen molar-refractivity contribution >= 4 is 23.1 Å². The number of carbonyl (C=O) groups excluding carboxylic acids is 1. The molecule has 2 rings (SSSR count). The molecule has 22 heavy (non-hydrogen) atoms. The Hall–Kier alpha value is -2.66. The summed E-state index contributed by atoms with van der Waals surface area (Å²) in [7, 11) is 0. The number of hydrogen-bond donors (Lipinski definition) is 1. The van der Waals surface area contributed by atoms with Gasteiger partial charge in [-0.3, -0.25) is 14.9 Å². The van der Waals surface area contributed by atoms with E-state index >= 15 is 0 Å². The van der Waals surface area contributed by atoms with Gasteiger partial charge in [-0.25, -0.2) is 0 Å². The molecule has 0 atom stereocenters. The zero-order valence-corrected chi connectivity index (χ0v) is 12.5. The molecule has 0 radical (unpaired) electrons. The predicted octanol–water partition coefficient (Wildman–Crippen LogP) is 4.04. The highest BCUT2D eigenvalue weighted by atomic mass is 35.5. The number of halogens is 1. The maximum Gasteiger partial charge on any atom is 0.250 e. The van der Waals surface area contributed by atoms with Crippen molar-refractivity contribution in [2.45, 2.75) is 6.92 Å². The fourth-order valence-corrected chi connectivity index (χ4v) is 2.17. The Morgan fingerprint density at radius 3 is 2.64 bits per heavy atom. The minimum absolute atomic E-state index is 0.244. The van der Waals surface area contributed by atoms with Crippen LogP contribution in [-0.2, 0) is 0 Å². The monoisotopic (exact) mass is 316 g/mol. The summed E-state index contributed by atoms with van der Waals surface area (Å²) in [6.45, 7) is 1.86. The van der Waals surface area contributed by atoms with Crippen LogP contribution in [0.5, 0.6) is 0 Å². The van der Waals surface area contributed by atoms with Gasteiger partial charge in [-0.05, 0) is 31.2 Å². The Morgan fingerprint density at radius 2 is 1.95 bits per heavy atom. The van der Waals surface area contributed by atoms with Crippen LogP contribution in [0.4, 0.5) is 5.69 Å². The van der Waals surface area contributed by atoms with Gasteiger partial charge in [-0.2, -0.15) is 0 Å². The Bertz CT molecular complexity index is 757. The summed E-state index contributed by atoms with van der Waals surface area (Å²) in [6, 6.07) is 12.0. The molecule has 0 unspecified atom stereocenters. The number of nitro groups is 1. The van der Waals surface area contributed by atoms with Crippen molar-refractivity contribution < 1.29 is 9.72 Å². The van der Waals surface area contributed by atoms with Crippen molar-refractivity contribution in [2.24, 2.45) is 0 Å². The molecule has 2 aromatic rings. The summed E-state index contributed by atoms with van der Waals surface area (Å²) in [5, 5.41) is 13.4. The molecule has 0 saturated heterocycles. The number of hydrogen-bond acceptors (Lipinski definition) is 4. The molecule has 0 heterocycles. The van der Waals surface area contributed by atoms with Crippen molar-refractivity contribution in [1.82, 2.24) is 0 Å². The summed E-state index contributed by atoms with van der Waals surface area (Å²) in [5.74, 6) is -0.244. The van der Waals surface area contributed by atoms with Crippen molar-refractivity contribution in [2.75, 3.05) is 5.32 Å². The maximum atomic E-state index is 12.7. The fraction of sp³-hybridized carbons (Fsp3) is 0.0625. The van der Waals surface area contributed by atoms with Crippen LogP contribution in [0.15, 0.2) is 54.9 Å². The molecule has 0 aliphatic heterocycles.